The lowest BCUT2D eigenvalue weighted by Gasteiger charge is -1.97. The van der Waals surface area contributed by atoms with Gasteiger partial charge in [-0.3, -0.25) is 5.43 Å². The molecule has 0 atom stereocenters. The Morgan fingerprint density at radius 1 is 1.41 bits per heavy atom. The van der Waals surface area contributed by atoms with Gasteiger partial charge < -0.3 is 4.98 Å². The van der Waals surface area contributed by atoms with Crippen LogP contribution >= 0.6 is 24.0 Å². The molecule has 0 spiro atoms. The fourth-order valence-electron chi connectivity index (χ4n) is 2.09. The highest BCUT2D eigenvalue weighted by Gasteiger charge is 2.08. The van der Waals surface area contributed by atoms with Crippen LogP contribution in [0.4, 0.5) is 0 Å². The molecule has 0 radical (unpaired) electrons. The number of thioether (sulfide) groups is 1. The van der Waals surface area contributed by atoms with Gasteiger partial charge in [-0.1, -0.05) is 67.7 Å². The molecule has 0 unspecified atom stereocenters. The first-order valence-corrected chi connectivity index (χ1v) is 8.85. The zero-order valence-electron chi connectivity index (χ0n) is 12.8. The number of rotatable bonds is 6. The topological polar surface area (TPSA) is 53.1 Å². The molecule has 0 bridgehead atoms. The van der Waals surface area contributed by atoms with Crippen molar-refractivity contribution in [2.45, 2.75) is 26.2 Å². The molecule has 2 N–H and O–H groups in total. The molecule has 0 saturated carbocycles. The molecular weight excluding hydrogens is 312 g/mol. The Balaban J connectivity index is 2.12. The summed E-state index contributed by atoms with van der Waals surface area (Å²) in [6.45, 7) is 2.15. The van der Waals surface area contributed by atoms with Crippen LogP contribution in [0.3, 0.4) is 0 Å². The van der Waals surface area contributed by atoms with E-state index in [4.69, 9.17) is 12.2 Å². The van der Waals surface area contributed by atoms with Crippen molar-refractivity contribution < 1.29 is 0 Å². The average Bonchev–Trinajstić information content (AvgIpc) is 2.90. The summed E-state index contributed by atoms with van der Waals surface area (Å²) in [5.41, 5.74) is 6.06. The lowest BCUT2D eigenvalue weighted by Crippen LogP contribution is -2.10. The van der Waals surface area contributed by atoms with Crippen LogP contribution in [0.5, 0.6) is 0 Å². The fraction of sp³-hybridized carbons (Fsp3) is 0.312. The minimum absolute atomic E-state index is 0.647. The second kappa shape index (κ2) is 8.70. The van der Waals surface area contributed by atoms with Crippen LogP contribution in [0.25, 0.3) is 0 Å². The summed E-state index contributed by atoms with van der Waals surface area (Å²) < 4.78 is 0.647. The second-order valence-electron chi connectivity index (χ2n) is 4.82. The van der Waals surface area contributed by atoms with Crippen LogP contribution in [-0.2, 0) is 12.8 Å². The molecule has 6 heteroatoms. The predicted octanol–water partition coefficient (Wildman–Crippen LogP) is 3.52. The minimum atomic E-state index is 0.647. The van der Waals surface area contributed by atoms with E-state index in [0.29, 0.717) is 4.32 Å². The maximum atomic E-state index is 5.06. The van der Waals surface area contributed by atoms with Crippen LogP contribution in [0.2, 0.25) is 0 Å². The molecule has 116 valence electrons. The van der Waals surface area contributed by atoms with Crippen LogP contribution in [0, 0.1) is 0 Å². The fourth-order valence-corrected chi connectivity index (χ4v) is 2.29. The van der Waals surface area contributed by atoms with Crippen LogP contribution in [-0.4, -0.2) is 26.8 Å². The summed E-state index contributed by atoms with van der Waals surface area (Å²) >= 11 is 6.52. The number of hydrogen-bond donors (Lipinski definition) is 2. The molecule has 0 amide bonds. The van der Waals surface area contributed by atoms with E-state index in [1.807, 2.05) is 24.5 Å². The van der Waals surface area contributed by atoms with E-state index in [9.17, 15) is 0 Å². The highest BCUT2D eigenvalue weighted by Crippen LogP contribution is 2.11. The molecule has 2 aromatic rings. The number of aromatic amines is 1. The molecule has 0 aliphatic carbocycles. The van der Waals surface area contributed by atoms with Gasteiger partial charge in [0.2, 0.25) is 0 Å². The maximum absolute atomic E-state index is 5.06. The van der Waals surface area contributed by atoms with Gasteiger partial charge in [0, 0.05) is 12.1 Å². The first-order chi connectivity index (χ1) is 10.7. The lowest BCUT2D eigenvalue weighted by molar-refractivity contribution is 0.881. The van der Waals surface area contributed by atoms with Crippen molar-refractivity contribution in [1.29, 1.82) is 0 Å². The first-order valence-electron chi connectivity index (χ1n) is 7.21. The van der Waals surface area contributed by atoms with E-state index in [1.165, 1.54) is 17.3 Å². The molecule has 0 aliphatic rings. The number of benzene rings is 1. The Hall–Kier alpha value is -1.66. The van der Waals surface area contributed by atoms with E-state index in [-0.39, 0.29) is 0 Å². The van der Waals surface area contributed by atoms with Gasteiger partial charge in [-0.2, -0.15) is 5.10 Å². The SMILES string of the molecule is CCCc1[nH]c(Cc2ccccc2)nc1/C=N\NC(=S)SC. The number of hydrogen-bond acceptors (Lipinski definition) is 4. The summed E-state index contributed by atoms with van der Waals surface area (Å²) in [4.78, 5) is 8.07. The number of thiocarbonyl (C=S) groups is 1. The summed E-state index contributed by atoms with van der Waals surface area (Å²) in [6, 6.07) is 10.3. The molecular formula is C16H20N4S2. The van der Waals surface area contributed by atoms with Crippen molar-refractivity contribution in [3.05, 3.63) is 53.1 Å². The van der Waals surface area contributed by atoms with E-state index >= 15 is 0 Å². The third kappa shape index (κ3) is 4.96. The maximum Gasteiger partial charge on any atom is 0.153 e. The number of aryl methyl sites for hydroxylation is 1. The summed E-state index contributed by atoms with van der Waals surface area (Å²) in [5.74, 6) is 0.962. The smallest absolute Gasteiger partial charge is 0.153 e. The molecule has 1 aromatic carbocycles. The number of nitrogens with one attached hydrogen (secondary N) is 2. The van der Waals surface area contributed by atoms with Crippen molar-refractivity contribution >= 4 is 34.5 Å². The van der Waals surface area contributed by atoms with Gasteiger partial charge in [-0.25, -0.2) is 4.98 Å². The van der Waals surface area contributed by atoms with E-state index in [0.717, 1.165) is 36.5 Å². The van der Waals surface area contributed by atoms with Gasteiger partial charge in [-0.05, 0) is 18.2 Å². The lowest BCUT2D eigenvalue weighted by atomic mass is 10.1. The Labute approximate surface area is 140 Å². The summed E-state index contributed by atoms with van der Waals surface area (Å²) in [5, 5.41) is 4.16. The number of H-pyrrole nitrogens is 1. The average molecular weight is 332 g/mol. The van der Waals surface area contributed by atoms with Gasteiger partial charge in [0.15, 0.2) is 4.32 Å². The normalized spacial score (nSPS) is 11.0. The van der Waals surface area contributed by atoms with Gasteiger partial charge in [0.1, 0.15) is 11.5 Å². The van der Waals surface area contributed by atoms with Crippen LogP contribution < -0.4 is 5.43 Å². The summed E-state index contributed by atoms with van der Waals surface area (Å²) in [7, 11) is 0. The third-order valence-electron chi connectivity index (χ3n) is 3.10. The van der Waals surface area contributed by atoms with Crippen molar-refractivity contribution in [1.82, 2.24) is 15.4 Å². The van der Waals surface area contributed by atoms with Crippen LogP contribution in [0.15, 0.2) is 35.4 Å². The largest absolute Gasteiger partial charge is 0.345 e. The number of hydrazone groups is 1. The Bertz CT molecular complexity index is 635. The van der Waals surface area contributed by atoms with Crippen molar-refractivity contribution in [2.24, 2.45) is 5.10 Å². The zero-order valence-corrected chi connectivity index (χ0v) is 14.4. The highest BCUT2D eigenvalue weighted by atomic mass is 32.2. The number of aromatic nitrogens is 2. The Kier molecular flexibility index (Phi) is 6.61. The Morgan fingerprint density at radius 2 is 2.18 bits per heavy atom. The third-order valence-corrected chi connectivity index (χ3v) is 4.16. The molecule has 1 heterocycles. The summed E-state index contributed by atoms with van der Waals surface area (Å²) in [6.07, 6.45) is 6.46. The van der Waals surface area contributed by atoms with Crippen molar-refractivity contribution in [3.63, 3.8) is 0 Å². The van der Waals surface area contributed by atoms with E-state index < -0.39 is 0 Å². The molecule has 0 fully saturated rings. The quantitative estimate of drug-likeness (QED) is 0.483. The monoisotopic (exact) mass is 332 g/mol. The molecule has 2 rings (SSSR count). The van der Waals surface area contributed by atoms with Crippen molar-refractivity contribution in [3.8, 4) is 0 Å². The Morgan fingerprint density at radius 3 is 2.86 bits per heavy atom. The van der Waals surface area contributed by atoms with Gasteiger partial charge in [-0.15, -0.1) is 0 Å². The standard InChI is InChI=1S/C16H20N4S2/c1-3-7-13-14(11-17-20-16(21)22-2)19-15(18-13)10-12-8-5-4-6-9-12/h4-6,8-9,11H,3,7,10H2,1-2H3,(H,18,19)(H,20,21)/b17-11-. The molecule has 0 aliphatic heterocycles. The van der Waals surface area contributed by atoms with E-state index in [2.05, 4.69) is 39.6 Å². The molecule has 4 nitrogen and oxygen atoms in total. The second-order valence-corrected chi connectivity index (χ2v) is 6.30. The number of imidazole rings is 1. The van der Waals surface area contributed by atoms with Gasteiger partial charge >= 0.3 is 0 Å². The van der Waals surface area contributed by atoms with Gasteiger partial charge in [0.05, 0.1) is 6.21 Å². The van der Waals surface area contributed by atoms with E-state index in [1.54, 1.807) is 6.21 Å². The van der Waals surface area contributed by atoms with Crippen molar-refractivity contribution in [2.75, 3.05) is 6.26 Å². The predicted molar refractivity (Wildman–Crippen MR) is 98.7 cm³/mol. The molecule has 1 aromatic heterocycles. The van der Waals surface area contributed by atoms with Crippen LogP contribution in [0.1, 0.15) is 36.1 Å². The molecule has 0 saturated heterocycles. The number of nitrogens with zero attached hydrogens (tertiary/aromatic N) is 2. The molecule has 22 heavy (non-hydrogen) atoms. The minimum Gasteiger partial charge on any atom is -0.345 e. The van der Waals surface area contributed by atoms with Gasteiger partial charge in [0.25, 0.3) is 0 Å². The highest BCUT2D eigenvalue weighted by molar-refractivity contribution is 8.22. The first kappa shape index (κ1) is 16.7. The zero-order chi connectivity index (χ0) is 15.8.